The van der Waals surface area contributed by atoms with Gasteiger partial charge in [0.05, 0.1) is 14.2 Å². The van der Waals surface area contributed by atoms with Crippen LogP contribution in [0, 0.1) is 0 Å². The van der Waals surface area contributed by atoms with Crippen LogP contribution < -0.4 is 5.32 Å². The Balaban J connectivity index is 2.90. The van der Waals surface area contributed by atoms with Gasteiger partial charge in [-0.3, -0.25) is 9.59 Å². The molecule has 0 aromatic heterocycles. The van der Waals surface area contributed by atoms with Crippen LogP contribution in [-0.4, -0.2) is 43.4 Å². The second-order valence-electron chi connectivity index (χ2n) is 4.44. The number of benzene rings is 1. The highest BCUT2D eigenvalue weighted by atomic mass is 32.2. The van der Waals surface area contributed by atoms with Gasteiger partial charge < -0.3 is 14.8 Å². The molecular weight excluding hydrogens is 306 g/mol. The topological polar surface area (TPSA) is 81.7 Å². The van der Waals surface area contributed by atoms with Crippen LogP contribution in [0.25, 0.3) is 0 Å². The lowest BCUT2D eigenvalue weighted by Gasteiger charge is -2.23. The molecule has 6 nitrogen and oxygen atoms in total. The third-order valence-corrected chi connectivity index (χ3v) is 4.15. The Morgan fingerprint density at radius 1 is 1.09 bits per heavy atom. The van der Waals surface area contributed by atoms with Crippen molar-refractivity contribution >= 4 is 29.6 Å². The Morgan fingerprint density at radius 3 is 2.18 bits per heavy atom. The summed E-state index contributed by atoms with van der Waals surface area (Å²) in [6, 6.07) is 8.38. The molecule has 0 heterocycles. The van der Waals surface area contributed by atoms with Crippen LogP contribution in [0.5, 0.6) is 0 Å². The molecule has 0 saturated carbocycles. The Morgan fingerprint density at radius 2 is 1.68 bits per heavy atom. The van der Waals surface area contributed by atoms with Crippen LogP contribution >= 0.6 is 11.8 Å². The Bertz CT molecular complexity index is 520. The van der Waals surface area contributed by atoms with Crippen LogP contribution in [0.1, 0.15) is 12.5 Å². The molecule has 1 N–H and O–H groups in total. The van der Waals surface area contributed by atoms with Crippen molar-refractivity contribution in [1.29, 1.82) is 0 Å². The van der Waals surface area contributed by atoms with E-state index in [9.17, 15) is 14.4 Å². The number of hydrogen-bond donors (Lipinski definition) is 1. The van der Waals surface area contributed by atoms with Crippen molar-refractivity contribution in [3.8, 4) is 0 Å². The van der Waals surface area contributed by atoms with Crippen LogP contribution in [0.3, 0.4) is 0 Å². The van der Waals surface area contributed by atoms with E-state index in [4.69, 9.17) is 4.74 Å². The first-order valence-electron chi connectivity index (χ1n) is 6.58. The third-order valence-electron chi connectivity index (χ3n) is 2.82. The first-order chi connectivity index (χ1) is 10.5. The lowest BCUT2D eigenvalue weighted by atomic mass is 10.2. The van der Waals surface area contributed by atoms with Crippen molar-refractivity contribution in [1.82, 2.24) is 5.32 Å². The molecule has 0 aliphatic rings. The summed E-state index contributed by atoms with van der Waals surface area (Å²) in [7, 11) is 2.44. The number of amides is 1. The molecule has 2 atom stereocenters. The van der Waals surface area contributed by atoms with E-state index in [1.54, 1.807) is 0 Å². The highest BCUT2D eigenvalue weighted by Gasteiger charge is 2.36. The van der Waals surface area contributed by atoms with Gasteiger partial charge in [0, 0.05) is 12.7 Å². The predicted octanol–water partition coefficient (Wildman–Crippen LogP) is 1.14. The van der Waals surface area contributed by atoms with E-state index in [0.717, 1.165) is 5.56 Å². The molecule has 1 rings (SSSR count). The summed E-state index contributed by atoms with van der Waals surface area (Å²) in [6.45, 7) is 1.27. The van der Waals surface area contributed by atoms with Gasteiger partial charge in [0.25, 0.3) is 0 Å². The molecule has 1 aromatic rings. The fourth-order valence-corrected chi connectivity index (χ4v) is 2.95. The molecule has 0 saturated heterocycles. The third kappa shape index (κ3) is 5.40. The van der Waals surface area contributed by atoms with Gasteiger partial charge in [0.2, 0.25) is 5.91 Å². The predicted molar refractivity (Wildman–Crippen MR) is 83.2 cm³/mol. The molecule has 0 fully saturated rings. The van der Waals surface area contributed by atoms with Gasteiger partial charge in [-0.05, 0) is 5.56 Å². The molecule has 0 unspecified atom stereocenters. The molecule has 0 aliphatic heterocycles. The first-order valence-corrected chi connectivity index (χ1v) is 7.62. The Labute approximate surface area is 133 Å². The monoisotopic (exact) mass is 325 g/mol. The van der Waals surface area contributed by atoms with Crippen molar-refractivity contribution in [2.45, 2.75) is 24.0 Å². The largest absolute Gasteiger partial charge is 0.468 e. The summed E-state index contributed by atoms with van der Waals surface area (Å²) in [5.74, 6) is -1.21. The van der Waals surface area contributed by atoms with Crippen molar-refractivity contribution in [3.63, 3.8) is 0 Å². The number of rotatable bonds is 7. The lowest BCUT2D eigenvalue weighted by molar-refractivity contribution is -0.150. The van der Waals surface area contributed by atoms with E-state index >= 15 is 0 Å². The van der Waals surface area contributed by atoms with Gasteiger partial charge in [-0.25, -0.2) is 4.79 Å². The molecule has 7 heteroatoms. The van der Waals surface area contributed by atoms with Crippen LogP contribution in [0.2, 0.25) is 0 Å². The molecule has 0 bridgehead atoms. The van der Waals surface area contributed by atoms with E-state index < -0.39 is 29.1 Å². The molecule has 22 heavy (non-hydrogen) atoms. The number of methoxy groups -OCH3 is 2. The minimum absolute atomic E-state index is 0.426. The summed E-state index contributed by atoms with van der Waals surface area (Å²) in [4.78, 5) is 35.1. The van der Waals surface area contributed by atoms with Crippen molar-refractivity contribution in [2.75, 3.05) is 14.2 Å². The molecule has 1 amide bonds. The van der Waals surface area contributed by atoms with Crippen LogP contribution in [0.15, 0.2) is 30.3 Å². The van der Waals surface area contributed by atoms with Crippen molar-refractivity contribution in [3.05, 3.63) is 35.9 Å². The van der Waals surface area contributed by atoms with Gasteiger partial charge in [-0.1, -0.05) is 30.3 Å². The quantitative estimate of drug-likeness (QED) is 0.757. The van der Waals surface area contributed by atoms with Gasteiger partial charge in [-0.2, -0.15) is 0 Å². The normalized spacial score (nSPS) is 12.9. The number of thioether (sulfide) groups is 1. The zero-order valence-corrected chi connectivity index (χ0v) is 13.5. The highest BCUT2D eigenvalue weighted by molar-refractivity contribution is 7.99. The molecule has 0 radical (unpaired) electrons. The summed E-state index contributed by atoms with van der Waals surface area (Å²) < 4.78 is 9.41. The summed E-state index contributed by atoms with van der Waals surface area (Å²) in [6.07, 6.45) is 0. The van der Waals surface area contributed by atoms with Gasteiger partial charge in [-0.15, -0.1) is 11.8 Å². The van der Waals surface area contributed by atoms with E-state index in [0.29, 0.717) is 5.75 Å². The minimum atomic E-state index is -1.09. The summed E-state index contributed by atoms with van der Waals surface area (Å²) in [5, 5.41) is 1.56. The van der Waals surface area contributed by atoms with Gasteiger partial charge in [0.1, 0.15) is 11.3 Å². The highest BCUT2D eigenvalue weighted by Crippen LogP contribution is 2.22. The number of carbonyl (C=O) groups excluding carboxylic acids is 3. The standard InChI is InChI=1S/C15H19NO5S/c1-10(17)16-12(14(18)20-2)13(15(19)21-3)22-9-11-7-5-4-6-8-11/h4-8,12-13H,9H2,1-3H3,(H,16,17)/t12-,13+/m1/s1. The summed E-state index contributed by atoms with van der Waals surface area (Å²) >= 11 is 1.21. The van der Waals surface area contributed by atoms with E-state index in [-0.39, 0.29) is 0 Å². The van der Waals surface area contributed by atoms with E-state index in [1.165, 1.54) is 32.9 Å². The van der Waals surface area contributed by atoms with E-state index in [1.807, 2.05) is 30.3 Å². The second-order valence-corrected chi connectivity index (χ2v) is 5.57. The average molecular weight is 325 g/mol. The number of carbonyl (C=O) groups is 3. The number of esters is 2. The number of hydrogen-bond acceptors (Lipinski definition) is 6. The van der Waals surface area contributed by atoms with E-state index in [2.05, 4.69) is 10.1 Å². The molecule has 1 aromatic carbocycles. The maximum Gasteiger partial charge on any atom is 0.330 e. The fraction of sp³-hybridized carbons (Fsp3) is 0.400. The minimum Gasteiger partial charge on any atom is -0.468 e. The molecule has 120 valence electrons. The van der Waals surface area contributed by atoms with Crippen LogP contribution in [0.4, 0.5) is 0 Å². The van der Waals surface area contributed by atoms with Gasteiger partial charge in [0.15, 0.2) is 0 Å². The summed E-state index contributed by atoms with van der Waals surface area (Å²) in [5.41, 5.74) is 0.993. The first kappa shape index (κ1) is 18.0. The Kier molecular flexibility index (Phi) is 7.45. The Hall–Kier alpha value is -2.02. The molecule has 0 spiro atoms. The van der Waals surface area contributed by atoms with Gasteiger partial charge >= 0.3 is 11.9 Å². The fourth-order valence-electron chi connectivity index (χ4n) is 1.78. The maximum absolute atomic E-state index is 12.0. The van der Waals surface area contributed by atoms with Crippen molar-refractivity contribution in [2.24, 2.45) is 0 Å². The number of nitrogens with one attached hydrogen (secondary N) is 1. The maximum atomic E-state index is 12.0. The van der Waals surface area contributed by atoms with Crippen molar-refractivity contribution < 1.29 is 23.9 Å². The van der Waals surface area contributed by atoms with Crippen LogP contribution in [-0.2, 0) is 29.6 Å². The zero-order chi connectivity index (χ0) is 16.5. The smallest absolute Gasteiger partial charge is 0.330 e. The lowest BCUT2D eigenvalue weighted by Crippen LogP contribution is -2.50. The molecule has 0 aliphatic carbocycles. The SMILES string of the molecule is COC(=O)[C@@H](SCc1ccccc1)[C@@H](NC(C)=O)C(=O)OC. The molecular formula is C15H19NO5S. The average Bonchev–Trinajstić information content (AvgIpc) is 2.53. The zero-order valence-electron chi connectivity index (χ0n) is 12.7. The second kappa shape index (κ2) is 9.09. The number of ether oxygens (including phenoxy) is 2.